The third-order valence-electron chi connectivity index (χ3n) is 8.44. The highest BCUT2D eigenvalue weighted by atomic mass is 35.5. The van der Waals surface area contributed by atoms with Gasteiger partial charge in [0, 0.05) is 31.3 Å². The minimum absolute atomic E-state index is 0.137. The Bertz CT molecular complexity index is 1680. The summed E-state index contributed by atoms with van der Waals surface area (Å²) in [5, 5.41) is 54.2. The molecule has 1 unspecified atom stereocenters. The van der Waals surface area contributed by atoms with Crippen molar-refractivity contribution in [1.29, 1.82) is 5.26 Å². The first-order chi connectivity index (χ1) is 24.5. The quantitative estimate of drug-likeness (QED) is 0.0691. The summed E-state index contributed by atoms with van der Waals surface area (Å²) in [7, 11) is 0. The Morgan fingerprint density at radius 3 is 2.45 bits per heavy atom. The summed E-state index contributed by atoms with van der Waals surface area (Å²) >= 11 is 21.3. The van der Waals surface area contributed by atoms with E-state index in [1.54, 1.807) is 43.3 Å². The molecule has 13 heteroatoms. The molecule has 2 atom stereocenters. The summed E-state index contributed by atoms with van der Waals surface area (Å²) < 4.78 is 17.5. The lowest BCUT2D eigenvalue weighted by atomic mass is 9.85. The van der Waals surface area contributed by atoms with Gasteiger partial charge in [0.05, 0.1) is 48.1 Å². The van der Waals surface area contributed by atoms with Crippen LogP contribution in [0, 0.1) is 11.3 Å². The van der Waals surface area contributed by atoms with Crippen molar-refractivity contribution in [1.82, 2.24) is 10.6 Å². The first-order valence-electron chi connectivity index (χ1n) is 16.5. The molecule has 0 amide bonds. The van der Waals surface area contributed by atoms with Crippen molar-refractivity contribution in [2.75, 3.05) is 46.1 Å². The fourth-order valence-electron chi connectivity index (χ4n) is 5.24. The van der Waals surface area contributed by atoms with Crippen LogP contribution < -0.4 is 20.1 Å². The number of benzene rings is 3. The third-order valence-corrected chi connectivity index (χ3v) is 9.78. The normalized spacial score (nSPS) is 17.4. The highest BCUT2D eigenvalue weighted by molar-refractivity contribution is 6.55. The van der Waals surface area contributed by atoms with Crippen LogP contribution in [-0.2, 0) is 17.9 Å². The monoisotopic (exact) mass is 759 g/mol. The zero-order valence-corrected chi connectivity index (χ0v) is 30.6. The summed E-state index contributed by atoms with van der Waals surface area (Å²) in [6.07, 6.45) is 5.10. The van der Waals surface area contributed by atoms with Crippen LogP contribution >= 0.6 is 34.8 Å². The van der Waals surface area contributed by atoms with Crippen LogP contribution in [0.1, 0.15) is 35.6 Å². The van der Waals surface area contributed by atoms with Crippen LogP contribution in [0.4, 0.5) is 0 Å². The number of nitrogens with zero attached hydrogens (tertiary/aromatic N) is 1. The fourth-order valence-corrected chi connectivity index (χ4v) is 6.17. The molecular weight excluding hydrogens is 717 g/mol. The fraction of sp³-hybridized carbons (Fsp3) is 0.395. The highest BCUT2D eigenvalue weighted by Gasteiger charge is 2.54. The SMILES string of the molecule is CC(CO)(CO)NCc1cc(Cl)c(OC[C@@]2(OCCCNCC(O)CO)C=CC=C(c3ccccc3)C2(Cl)Cl)cc1OCc1cccc(C#N)c1. The van der Waals surface area contributed by atoms with Gasteiger partial charge in [-0.25, -0.2) is 0 Å². The van der Waals surface area contributed by atoms with Crippen molar-refractivity contribution in [2.45, 2.75) is 48.1 Å². The predicted molar refractivity (Wildman–Crippen MR) is 199 cm³/mol. The molecule has 6 N–H and O–H groups in total. The number of aliphatic hydroxyl groups excluding tert-OH is 4. The van der Waals surface area contributed by atoms with Crippen molar-refractivity contribution in [3.05, 3.63) is 112 Å². The van der Waals surface area contributed by atoms with E-state index in [0.29, 0.717) is 35.4 Å². The summed E-state index contributed by atoms with van der Waals surface area (Å²) in [4.78, 5) is 0. The summed E-state index contributed by atoms with van der Waals surface area (Å²) in [5.74, 6) is 0.685. The molecule has 1 aliphatic carbocycles. The molecule has 10 nitrogen and oxygen atoms in total. The number of nitriles is 1. The molecule has 0 heterocycles. The van der Waals surface area contributed by atoms with Crippen LogP contribution in [0.5, 0.6) is 11.5 Å². The smallest absolute Gasteiger partial charge is 0.179 e. The summed E-state index contributed by atoms with van der Waals surface area (Å²) in [6, 6.07) is 22.0. The van der Waals surface area contributed by atoms with E-state index in [0.717, 1.165) is 11.1 Å². The second kappa shape index (κ2) is 19.1. The lowest BCUT2D eigenvalue weighted by Gasteiger charge is -2.43. The van der Waals surface area contributed by atoms with E-state index in [1.165, 1.54) is 0 Å². The van der Waals surface area contributed by atoms with Gasteiger partial charge in [0.2, 0.25) is 0 Å². The minimum Gasteiger partial charge on any atom is -0.488 e. The Hall–Kier alpha value is -3.18. The van der Waals surface area contributed by atoms with E-state index in [2.05, 4.69) is 16.7 Å². The third kappa shape index (κ3) is 10.7. The van der Waals surface area contributed by atoms with Crippen molar-refractivity contribution in [2.24, 2.45) is 0 Å². The Balaban J connectivity index is 1.62. The van der Waals surface area contributed by atoms with Gasteiger partial charge < -0.3 is 45.3 Å². The van der Waals surface area contributed by atoms with Crippen molar-refractivity contribution in [3.8, 4) is 17.6 Å². The molecule has 3 aromatic carbocycles. The number of halogens is 3. The van der Waals surface area contributed by atoms with E-state index in [9.17, 15) is 20.6 Å². The molecule has 0 radical (unpaired) electrons. The van der Waals surface area contributed by atoms with Gasteiger partial charge in [-0.1, -0.05) is 89.4 Å². The Kier molecular flexibility index (Phi) is 15.2. The van der Waals surface area contributed by atoms with Crippen molar-refractivity contribution < 1.29 is 34.6 Å². The molecule has 0 fully saturated rings. The lowest BCUT2D eigenvalue weighted by Crippen LogP contribution is -2.53. The highest BCUT2D eigenvalue weighted by Crippen LogP contribution is 2.50. The largest absolute Gasteiger partial charge is 0.488 e. The number of aliphatic hydroxyl groups is 4. The molecule has 0 aliphatic heterocycles. The number of allylic oxidation sites excluding steroid dienone is 2. The van der Waals surface area contributed by atoms with E-state index in [4.69, 9.17) is 54.1 Å². The van der Waals surface area contributed by atoms with Crippen LogP contribution in [-0.4, -0.2) is 88.1 Å². The predicted octanol–water partition coefficient (Wildman–Crippen LogP) is 4.92. The summed E-state index contributed by atoms with van der Waals surface area (Å²) in [5.41, 5.74) is 0.996. The second-order valence-corrected chi connectivity index (χ2v) is 14.3. The summed E-state index contributed by atoms with van der Waals surface area (Å²) in [6.45, 7) is 1.89. The molecule has 4 rings (SSSR count). The average molecular weight is 761 g/mol. The molecule has 0 saturated heterocycles. The number of ether oxygens (including phenoxy) is 3. The molecule has 1 aliphatic rings. The maximum Gasteiger partial charge on any atom is 0.179 e. The van der Waals surface area contributed by atoms with Gasteiger partial charge in [0.25, 0.3) is 0 Å². The van der Waals surface area contributed by atoms with Gasteiger partial charge in [-0.2, -0.15) is 5.26 Å². The number of alkyl halides is 2. The Morgan fingerprint density at radius 2 is 1.75 bits per heavy atom. The van der Waals surface area contributed by atoms with Crippen molar-refractivity contribution in [3.63, 3.8) is 0 Å². The van der Waals surface area contributed by atoms with Gasteiger partial charge in [-0.3, -0.25) is 0 Å². The van der Waals surface area contributed by atoms with Crippen LogP contribution in [0.15, 0.2) is 85.0 Å². The number of nitrogens with one attached hydrogen (secondary N) is 2. The topological polar surface area (TPSA) is 156 Å². The van der Waals surface area contributed by atoms with Crippen LogP contribution in [0.3, 0.4) is 0 Å². The van der Waals surface area contributed by atoms with Gasteiger partial charge >= 0.3 is 0 Å². The molecular formula is C38H44Cl3N3O7. The Morgan fingerprint density at radius 1 is 0.980 bits per heavy atom. The molecule has 0 aromatic heterocycles. The van der Waals surface area contributed by atoms with Crippen molar-refractivity contribution >= 4 is 40.4 Å². The number of rotatable bonds is 20. The zero-order valence-electron chi connectivity index (χ0n) is 28.3. The second-order valence-electron chi connectivity index (χ2n) is 12.5. The first-order valence-corrected chi connectivity index (χ1v) is 17.6. The van der Waals surface area contributed by atoms with Gasteiger partial charge in [-0.05, 0) is 60.9 Å². The molecule has 51 heavy (non-hydrogen) atoms. The van der Waals surface area contributed by atoms with E-state index >= 15 is 0 Å². The molecule has 3 aromatic rings. The lowest BCUT2D eigenvalue weighted by molar-refractivity contribution is -0.0412. The van der Waals surface area contributed by atoms with Crippen LogP contribution in [0.25, 0.3) is 5.57 Å². The maximum atomic E-state index is 9.83. The standard InChI is InChI=1S/C38H44Cl3N3O7/c1-36(24-46,25-47)44-20-30-17-33(39)35(18-34(30)49-23-28-9-5-8-27(16-28)19-42)50-26-37(51-15-7-14-43-21-31(48)22-45)13-6-12-32(38(37,40)41)29-10-3-2-4-11-29/h2-6,8-13,16-18,31,43-48H,7,14-15,20-26H2,1H3/t31?,37-/m0/s1. The molecule has 0 bridgehead atoms. The van der Waals surface area contributed by atoms with Gasteiger partial charge in [-0.15, -0.1) is 0 Å². The minimum atomic E-state index is -1.61. The van der Waals surface area contributed by atoms with Gasteiger partial charge in [0.15, 0.2) is 9.93 Å². The number of hydrogen-bond acceptors (Lipinski definition) is 10. The zero-order chi connectivity index (χ0) is 36.9. The first kappa shape index (κ1) is 40.6. The van der Waals surface area contributed by atoms with Gasteiger partial charge in [0.1, 0.15) is 24.7 Å². The van der Waals surface area contributed by atoms with E-state index in [1.807, 2.05) is 48.6 Å². The maximum absolute atomic E-state index is 9.83. The average Bonchev–Trinajstić information content (AvgIpc) is 3.15. The van der Waals surface area contributed by atoms with E-state index < -0.39 is 21.6 Å². The molecule has 0 saturated carbocycles. The number of hydrogen-bond donors (Lipinski definition) is 6. The molecule has 0 spiro atoms. The molecule has 274 valence electrons. The van der Waals surface area contributed by atoms with Crippen LogP contribution in [0.2, 0.25) is 5.02 Å². The Labute approximate surface area is 313 Å². The van der Waals surface area contributed by atoms with E-state index in [-0.39, 0.29) is 63.5 Å².